The normalized spacial score (nSPS) is 10.5. The van der Waals surface area contributed by atoms with Gasteiger partial charge < -0.3 is 10.4 Å². The number of anilines is 2. The third-order valence-corrected chi connectivity index (χ3v) is 3.19. The SMILES string of the molecule is Cc1cc(Nc2ccc(C(=O)O)cn2)nc2ccccc12. The molecule has 0 bridgehead atoms. The summed E-state index contributed by atoms with van der Waals surface area (Å²) in [7, 11) is 0. The molecule has 0 saturated carbocycles. The molecule has 21 heavy (non-hydrogen) atoms. The number of hydrogen-bond donors (Lipinski definition) is 2. The van der Waals surface area contributed by atoms with Crippen molar-refractivity contribution in [3.05, 3.63) is 59.8 Å². The van der Waals surface area contributed by atoms with Gasteiger partial charge in [0, 0.05) is 11.6 Å². The van der Waals surface area contributed by atoms with Gasteiger partial charge in [0.2, 0.25) is 0 Å². The van der Waals surface area contributed by atoms with Gasteiger partial charge in [-0.05, 0) is 36.8 Å². The van der Waals surface area contributed by atoms with Crippen LogP contribution in [0.4, 0.5) is 11.6 Å². The van der Waals surface area contributed by atoms with E-state index < -0.39 is 5.97 Å². The predicted molar refractivity (Wildman–Crippen MR) is 81.0 cm³/mol. The molecule has 0 radical (unpaired) electrons. The molecule has 5 heteroatoms. The van der Waals surface area contributed by atoms with Crippen molar-refractivity contribution in [2.24, 2.45) is 0 Å². The number of fused-ring (bicyclic) bond motifs is 1. The highest BCUT2D eigenvalue weighted by molar-refractivity contribution is 5.87. The Bertz CT molecular complexity index is 813. The lowest BCUT2D eigenvalue weighted by Gasteiger charge is -2.08. The highest BCUT2D eigenvalue weighted by Gasteiger charge is 2.05. The lowest BCUT2D eigenvalue weighted by atomic mass is 10.1. The second-order valence-electron chi connectivity index (χ2n) is 4.70. The maximum atomic E-state index is 10.8. The minimum absolute atomic E-state index is 0.156. The van der Waals surface area contributed by atoms with Crippen LogP contribution in [0.5, 0.6) is 0 Å². The van der Waals surface area contributed by atoms with E-state index in [0.29, 0.717) is 11.6 Å². The zero-order chi connectivity index (χ0) is 14.8. The quantitative estimate of drug-likeness (QED) is 0.768. The molecule has 0 fully saturated rings. The lowest BCUT2D eigenvalue weighted by molar-refractivity contribution is 0.0696. The third-order valence-electron chi connectivity index (χ3n) is 3.19. The van der Waals surface area contributed by atoms with Crippen molar-refractivity contribution in [1.29, 1.82) is 0 Å². The van der Waals surface area contributed by atoms with Crippen LogP contribution in [0.2, 0.25) is 0 Å². The summed E-state index contributed by atoms with van der Waals surface area (Å²) in [4.78, 5) is 19.4. The molecule has 0 aliphatic rings. The topological polar surface area (TPSA) is 75.1 Å². The molecule has 0 amide bonds. The number of rotatable bonds is 3. The molecule has 2 heterocycles. The molecule has 3 aromatic rings. The van der Waals surface area contributed by atoms with Gasteiger partial charge in [-0.3, -0.25) is 0 Å². The van der Waals surface area contributed by atoms with E-state index in [1.807, 2.05) is 37.3 Å². The Morgan fingerprint density at radius 2 is 1.95 bits per heavy atom. The zero-order valence-corrected chi connectivity index (χ0v) is 11.4. The molecule has 3 rings (SSSR count). The predicted octanol–water partition coefficient (Wildman–Crippen LogP) is 3.38. The average Bonchev–Trinajstić information content (AvgIpc) is 2.48. The fourth-order valence-electron chi connectivity index (χ4n) is 2.14. The molecule has 0 aliphatic carbocycles. The van der Waals surface area contributed by atoms with E-state index in [1.165, 1.54) is 12.3 Å². The van der Waals surface area contributed by atoms with Crippen LogP contribution in [0, 0.1) is 6.92 Å². The summed E-state index contributed by atoms with van der Waals surface area (Å²) in [5.41, 5.74) is 2.18. The number of para-hydroxylation sites is 1. The lowest BCUT2D eigenvalue weighted by Crippen LogP contribution is -2.00. The largest absolute Gasteiger partial charge is 0.478 e. The van der Waals surface area contributed by atoms with E-state index in [2.05, 4.69) is 15.3 Å². The van der Waals surface area contributed by atoms with Gasteiger partial charge in [-0.2, -0.15) is 0 Å². The number of benzene rings is 1. The van der Waals surface area contributed by atoms with Crippen LogP contribution >= 0.6 is 0 Å². The Morgan fingerprint density at radius 3 is 2.67 bits per heavy atom. The number of hydrogen-bond acceptors (Lipinski definition) is 4. The van der Waals surface area contributed by atoms with Crippen molar-refractivity contribution in [2.75, 3.05) is 5.32 Å². The molecular formula is C16H13N3O2. The second-order valence-corrected chi connectivity index (χ2v) is 4.70. The van der Waals surface area contributed by atoms with E-state index in [1.54, 1.807) is 6.07 Å². The van der Waals surface area contributed by atoms with E-state index in [4.69, 9.17) is 5.11 Å². The number of nitrogens with zero attached hydrogens (tertiary/aromatic N) is 2. The van der Waals surface area contributed by atoms with E-state index in [0.717, 1.165) is 16.5 Å². The number of aryl methyl sites for hydroxylation is 1. The molecule has 0 atom stereocenters. The first-order chi connectivity index (χ1) is 10.1. The Hall–Kier alpha value is -2.95. The molecule has 0 saturated heterocycles. The van der Waals surface area contributed by atoms with E-state index >= 15 is 0 Å². The van der Waals surface area contributed by atoms with Gasteiger partial charge in [0.1, 0.15) is 11.6 Å². The third kappa shape index (κ3) is 2.67. The van der Waals surface area contributed by atoms with Gasteiger partial charge >= 0.3 is 5.97 Å². The smallest absolute Gasteiger partial charge is 0.337 e. The maximum Gasteiger partial charge on any atom is 0.337 e. The van der Waals surface area contributed by atoms with Gasteiger partial charge in [0.15, 0.2) is 0 Å². The molecule has 0 aliphatic heterocycles. The first kappa shape index (κ1) is 13.1. The average molecular weight is 279 g/mol. The Labute approximate surface area is 121 Å². The number of aromatic nitrogens is 2. The monoisotopic (exact) mass is 279 g/mol. The van der Waals surface area contributed by atoms with Crippen LogP contribution in [0.15, 0.2) is 48.7 Å². The van der Waals surface area contributed by atoms with Crippen molar-refractivity contribution in [2.45, 2.75) is 6.92 Å². The number of carbonyl (C=O) groups is 1. The van der Waals surface area contributed by atoms with Crippen molar-refractivity contribution in [3.63, 3.8) is 0 Å². The highest BCUT2D eigenvalue weighted by atomic mass is 16.4. The fourth-order valence-corrected chi connectivity index (χ4v) is 2.14. The van der Waals surface area contributed by atoms with Crippen molar-refractivity contribution >= 4 is 28.5 Å². The van der Waals surface area contributed by atoms with Gasteiger partial charge in [-0.1, -0.05) is 18.2 Å². The zero-order valence-electron chi connectivity index (χ0n) is 11.4. The standard InChI is InChI=1S/C16H13N3O2/c1-10-8-15(18-13-5-3-2-4-12(10)13)19-14-7-6-11(9-17-14)16(20)21/h2-9H,1H3,(H,20,21)(H,17,18,19). The number of pyridine rings is 2. The number of nitrogens with one attached hydrogen (secondary N) is 1. The molecule has 0 unspecified atom stereocenters. The van der Waals surface area contributed by atoms with Crippen molar-refractivity contribution < 1.29 is 9.90 Å². The first-order valence-electron chi connectivity index (χ1n) is 6.46. The van der Waals surface area contributed by atoms with Crippen LogP contribution < -0.4 is 5.32 Å². The second kappa shape index (κ2) is 5.20. The van der Waals surface area contributed by atoms with Gasteiger partial charge in [0.05, 0.1) is 11.1 Å². The molecule has 104 valence electrons. The van der Waals surface area contributed by atoms with Gasteiger partial charge in [-0.15, -0.1) is 0 Å². The molecule has 2 N–H and O–H groups in total. The van der Waals surface area contributed by atoms with Crippen molar-refractivity contribution in [3.8, 4) is 0 Å². The fraction of sp³-hybridized carbons (Fsp3) is 0.0625. The van der Waals surface area contributed by atoms with Crippen LogP contribution in [0.25, 0.3) is 10.9 Å². The Kier molecular flexibility index (Phi) is 3.23. The molecule has 1 aromatic carbocycles. The minimum atomic E-state index is -0.992. The minimum Gasteiger partial charge on any atom is -0.478 e. The van der Waals surface area contributed by atoms with E-state index in [-0.39, 0.29) is 5.56 Å². The van der Waals surface area contributed by atoms with Crippen LogP contribution in [-0.4, -0.2) is 21.0 Å². The summed E-state index contributed by atoms with van der Waals surface area (Å²) < 4.78 is 0. The summed E-state index contributed by atoms with van der Waals surface area (Å²) in [6.45, 7) is 2.02. The van der Waals surface area contributed by atoms with Gasteiger partial charge in [0.25, 0.3) is 0 Å². The Balaban J connectivity index is 1.92. The molecular weight excluding hydrogens is 266 g/mol. The Morgan fingerprint density at radius 1 is 1.14 bits per heavy atom. The van der Waals surface area contributed by atoms with Gasteiger partial charge in [-0.25, -0.2) is 14.8 Å². The van der Waals surface area contributed by atoms with Crippen LogP contribution in [0.3, 0.4) is 0 Å². The number of carboxylic acids is 1. The molecule has 5 nitrogen and oxygen atoms in total. The first-order valence-corrected chi connectivity index (χ1v) is 6.46. The molecule has 0 spiro atoms. The van der Waals surface area contributed by atoms with Crippen molar-refractivity contribution in [1.82, 2.24) is 9.97 Å². The van der Waals surface area contributed by atoms with Crippen LogP contribution in [-0.2, 0) is 0 Å². The van der Waals surface area contributed by atoms with Crippen LogP contribution in [0.1, 0.15) is 15.9 Å². The summed E-state index contributed by atoms with van der Waals surface area (Å²) >= 11 is 0. The number of carboxylic acid groups (broad SMARTS) is 1. The summed E-state index contributed by atoms with van der Waals surface area (Å²) in [6.07, 6.45) is 1.32. The summed E-state index contributed by atoms with van der Waals surface area (Å²) in [6, 6.07) is 13.0. The number of aromatic carboxylic acids is 1. The maximum absolute atomic E-state index is 10.8. The highest BCUT2D eigenvalue weighted by Crippen LogP contribution is 2.21. The summed E-state index contributed by atoms with van der Waals surface area (Å²) in [5, 5.41) is 13.0. The molecule has 2 aromatic heterocycles. The summed E-state index contributed by atoms with van der Waals surface area (Å²) in [5.74, 6) is 0.248. The van der Waals surface area contributed by atoms with E-state index in [9.17, 15) is 4.79 Å².